The highest BCUT2D eigenvalue weighted by molar-refractivity contribution is 5.95. The minimum Gasteiger partial charge on any atom is -0.396 e. The molecule has 37 heavy (non-hydrogen) atoms. The Balaban J connectivity index is 1.53. The fourth-order valence-corrected chi connectivity index (χ4v) is 4.67. The predicted octanol–water partition coefficient (Wildman–Crippen LogP) is 3.87. The van der Waals surface area contributed by atoms with Crippen molar-refractivity contribution < 1.29 is 15.0 Å². The molecule has 0 radical (unpaired) electrons. The number of allylic oxidation sites excluding steroid dienone is 2. The van der Waals surface area contributed by atoms with Gasteiger partial charge in [0.1, 0.15) is 5.84 Å². The molecule has 6 N–H and O–H groups in total. The van der Waals surface area contributed by atoms with E-state index in [9.17, 15) is 15.0 Å². The number of amidine groups is 1. The summed E-state index contributed by atoms with van der Waals surface area (Å²) in [5, 5.41) is 31.1. The van der Waals surface area contributed by atoms with E-state index < -0.39 is 6.10 Å². The van der Waals surface area contributed by atoms with Gasteiger partial charge in [-0.1, -0.05) is 78.9 Å². The lowest BCUT2D eigenvalue weighted by Crippen LogP contribution is -2.44. The van der Waals surface area contributed by atoms with Crippen LogP contribution in [0.3, 0.4) is 0 Å². The van der Waals surface area contributed by atoms with E-state index in [2.05, 4.69) is 5.32 Å². The molecular weight excluding hydrogens is 462 g/mol. The number of nitrogens with one attached hydrogen (secondary N) is 2. The molecule has 0 saturated carbocycles. The second-order valence-electron chi connectivity index (χ2n) is 9.46. The maximum Gasteiger partial charge on any atom is 0.251 e. The van der Waals surface area contributed by atoms with E-state index >= 15 is 0 Å². The van der Waals surface area contributed by atoms with Crippen molar-refractivity contribution in [1.29, 1.82) is 5.41 Å². The fourth-order valence-electron chi connectivity index (χ4n) is 4.67. The van der Waals surface area contributed by atoms with E-state index in [4.69, 9.17) is 11.1 Å². The summed E-state index contributed by atoms with van der Waals surface area (Å²) in [5.41, 5.74) is 10.8. The molecule has 3 atom stereocenters. The Morgan fingerprint density at radius 2 is 1.70 bits per heavy atom. The van der Waals surface area contributed by atoms with Crippen LogP contribution >= 0.6 is 0 Å². The summed E-state index contributed by atoms with van der Waals surface area (Å²) in [6.07, 6.45) is 6.73. The standard InChI is InChI=1S/C31H33N3O3/c32-30(33)26-10-4-8-22(16-26)17-27(20-35)29(18-21-6-2-1-3-7-21)34-31(37)24-14-12-23(13-15-24)25-9-5-11-28(36)19-25/h1-16,27-29,35-36H,17-20H2,(H3,32,33)(H,34,37). The number of hydrogen-bond acceptors (Lipinski definition) is 4. The molecule has 1 amide bonds. The molecule has 0 spiro atoms. The number of aliphatic hydroxyl groups excluding tert-OH is 2. The first-order valence-corrected chi connectivity index (χ1v) is 12.5. The summed E-state index contributed by atoms with van der Waals surface area (Å²) in [6.45, 7) is -0.106. The van der Waals surface area contributed by atoms with Crippen molar-refractivity contribution in [2.45, 2.75) is 31.4 Å². The van der Waals surface area contributed by atoms with Crippen molar-refractivity contribution in [1.82, 2.24) is 5.32 Å². The van der Waals surface area contributed by atoms with Crippen LogP contribution in [0.15, 0.2) is 97.1 Å². The smallest absolute Gasteiger partial charge is 0.251 e. The van der Waals surface area contributed by atoms with Gasteiger partial charge in [-0.3, -0.25) is 10.2 Å². The third-order valence-electron chi connectivity index (χ3n) is 6.73. The van der Waals surface area contributed by atoms with Gasteiger partial charge in [0, 0.05) is 36.1 Å². The SMILES string of the molecule is N=C(N)c1cccc(CC(CO)C(Cc2ccccc2)NC(=O)c2ccc(C3=CC=CC(O)C3)cc2)c1. The monoisotopic (exact) mass is 495 g/mol. The quantitative estimate of drug-likeness (QED) is 0.217. The maximum atomic E-state index is 13.3. The Morgan fingerprint density at radius 1 is 0.973 bits per heavy atom. The van der Waals surface area contributed by atoms with Gasteiger partial charge in [-0.15, -0.1) is 0 Å². The number of hydrogen-bond donors (Lipinski definition) is 5. The Kier molecular flexibility index (Phi) is 8.67. The zero-order valence-corrected chi connectivity index (χ0v) is 20.7. The molecule has 0 aliphatic heterocycles. The number of amides is 1. The third-order valence-corrected chi connectivity index (χ3v) is 6.73. The Labute approximate surface area is 217 Å². The van der Waals surface area contributed by atoms with Gasteiger partial charge in [0.15, 0.2) is 0 Å². The van der Waals surface area contributed by atoms with Gasteiger partial charge >= 0.3 is 0 Å². The summed E-state index contributed by atoms with van der Waals surface area (Å²) in [6, 6.07) is 24.4. The molecule has 190 valence electrons. The Hall–Kier alpha value is -4.00. The van der Waals surface area contributed by atoms with Gasteiger partial charge < -0.3 is 21.3 Å². The van der Waals surface area contributed by atoms with Crippen molar-refractivity contribution in [3.8, 4) is 0 Å². The highest BCUT2D eigenvalue weighted by atomic mass is 16.3. The van der Waals surface area contributed by atoms with E-state index in [1.54, 1.807) is 24.3 Å². The number of nitrogen functional groups attached to an aromatic ring is 1. The Bertz CT molecular complexity index is 1280. The summed E-state index contributed by atoms with van der Waals surface area (Å²) < 4.78 is 0. The molecule has 6 heteroatoms. The van der Waals surface area contributed by atoms with E-state index in [-0.39, 0.29) is 30.3 Å². The first-order valence-electron chi connectivity index (χ1n) is 12.5. The molecule has 0 bridgehead atoms. The van der Waals surface area contributed by atoms with E-state index in [0.717, 1.165) is 22.3 Å². The second kappa shape index (κ2) is 12.3. The molecule has 0 saturated heterocycles. The number of rotatable bonds is 10. The van der Waals surface area contributed by atoms with Crippen LogP contribution in [0.5, 0.6) is 0 Å². The van der Waals surface area contributed by atoms with Crippen LogP contribution in [-0.4, -0.2) is 40.7 Å². The van der Waals surface area contributed by atoms with Crippen molar-refractivity contribution in [3.63, 3.8) is 0 Å². The van der Waals surface area contributed by atoms with Crippen molar-refractivity contribution in [2.75, 3.05) is 6.61 Å². The maximum absolute atomic E-state index is 13.3. The van der Waals surface area contributed by atoms with E-state index in [1.165, 1.54) is 0 Å². The van der Waals surface area contributed by atoms with Gasteiger partial charge in [-0.05, 0) is 53.3 Å². The molecule has 1 aliphatic carbocycles. The highest BCUT2D eigenvalue weighted by Gasteiger charge is 2.24. The van der Waals surface area contributed by atoms with Gasteiger partial charge in [0.2, 0.25) is 0 Å². The molecule has 0 aromatic heterocycles. The van der Waals surface area contributed by atoms with Crippen molar-refractivity contribution in [2.24, 2.45) is 11.7 Å². The molecule has 3 aromatic carbocycles. The number of carbonyl (C=O) groups is 1. The van der Waals surface area contributed by atoms with Crippen LogP contribution in [-0.2, 0) is 12.8 Å². The summed E-state index contributed by atoms with van der Waals surface area (Å²) in [4.78, 5) is 13.3. The average Bonchev–Trinajstić information content (AvgIpc) is 2.92. The van der Waals surface area contributed by atoms with Crippen LogP contribution in [0.4, 0.5) is 0 Å². The zero-order chi connectivity index (χ0) is 26.2. The van der Waals surface area contributed by atoms with Gasteiger partial charge in [0.25, 0.3) is 5.91 Å². The van der Waals surface area contributed by atoms with Crippen LogP contribution in [0, 0.1) is 11.3 Å². The van der Waals surface area contributed by atoms with Gasteiger partial charge in [-0.25, -0.2) is 0 Å². The van der Waals surface area contributed by atoms with Crippen molar-refractivity contribution in [3.05, 3.63) is 125 Å². The van der Waals surface area contributed by atoms with E-state index in [1.807, 2.05) is 72.8 Å². The summed E-state index contributed by atoms with van der Waals surface area (Å²) in [7, 11) is 0. The third kappa shape index (κ3) is 7.03. The molecule has 3 aromatic rings. The lowest BCUT2D eigenvalue weighted by atomic mass is 9.88. The molecular formula is C31H33N3O3. The minimum absolute atomic E-state index is 0.00509. The lowest BCUT2D eigenvalue weighted by Gasteiger charge is -2.27. The van der Waals surface area contributed by atoms with Crippen LogP contribution in [0.1, 0.15) is 39.0 Å². The zero-order valence-electron chi connectivity index (χ0n) is 20.7. The predicted molar refractivity (Wildman–Crippen MR) is 147 cm³/mol. The van der Waals surface area contributed by atoms with E-state index in [0.29, 0.717) is 30.4 Å². The van der Waals surface area contributed by atoms with Crippen molar-refractivity contribution >= 4 is 17.3 Å². The molecule has 0 fully saturated rings. The molecule has 1 aliphatic rings. The Morgan fingerprint density at radius 3 is 2.38 bits per heavy atom. The van der Waals surface area contributed by atoms with Crippen LogP contribution in [0.2, 0.25) is 0 Å². The summed E-state index contributed by atoms with van der Waals surface area (Å²) in [5.74, 6) is -0.457. The highest BCUT2D eigenvalue weighted by Crippen LogP contribution is 2.24. The number of carbonyl (C=O) groups excluding carboxylic acids is 1. The summed E-state index contributed by atoms with van der Waals surface area (Å²) >= 11 is 0. The van der Waals surface area contributed by atoms with Gasteiger partial charge in [-0.2, -0.15) is 0 Å². The lowest BCUT2D eigenvalue weighted by molar-refractivity contribution is 0.0903. The first-order chi connectivity index (χ1) is 17.9. The molecule has 4 rings (SSSR count). The van der Waals surface area contributed by atoms with Crippen LogP contribution in [0.25, 0.3) is 5.57 Å². The van der Waals surface area contributed by atoms with Crippen LogP contribution < -0.4 is 11.1 Å². The first kappa shape index (κ1) is 26.1. The average molecular weight is 496 g/mol. The topological polar surface area (TPSA) is 119 Å². The second-order valence-corrected chi connectivity index (χ2v) is 9.46. The molecule has 3 unspecified atom stereocenters. The minimum atomic E-state index is -0.492. The fraction of sp³-hybridized carbons (Fsp3) is 0.226. The number of nitrogens with two attached hydrogens (primary N) is 1. The largest absolute Gasteiger partial charge is 0.396 e. The molecule has 6 nitrogen and oxygen atoms in total. The number of aliphatic hydroxyl groups is 2. The normalized spacial score (nSPS) is 16.5. The molecule has 0 heterocycles. The number of benzene rings is 3. The van der Waals surface area contributed by atoms with Gasteiger partial charge in [0.05, 0.1) is 6.10 Å².